The van der Waals surface area contributed by atoms with Crippen LogP contribution in [0, 0.1) is 0 Å². The second-order valence-corrected chi connectivity index (χ2v) is 4.64. The van der Waals surface area contributed by atoms with Gasteiger partial charge in [-0.2, -0.15) is 0 Å². The fourth-order valence-electron chi connectivity index (χ4n) is 1.48. The number of carbonyl (C=O) groups is 1. The van der Waals surface area contributed by atoms with Gasteiger partial charge in [-0.3, -0.25) is 4.79 Å². The third-order valence-corrected chi connectivity index (χ3v) is 2.57. The molecule has 0 bridgehead atoms. The third kappa shape index (κ3) is 4.21. The molecule has 0 radical (unpaired) electrons. The van der Waals surface area contributed by atoms with E-state index >= 15 is 0 Å². The number of hydrogen-bond acceptors (Lipinski definition) is 5. The largest absolute Gasteiger partial charge is 0.396 e. The molecule has 0 spiro atoms. The Morgan fingerprint density at radius 3 is 2.72 bits per heavy atom. The second kappa shape index (κ2) is 6.20. The number of carbonyl (C=O) groups excluding carboxylic acids is 1. The fourth-order valence-corrected chi connectivity index (χ4v) is 1.48. The van der Waals surface area contributed by atoms with Crippen LogP contribution in [-0.2, 0) is 0 Å². The maximum atomic E-state index is 11.0. The van der Waals surface area contributed by atoms with Crippen LogP contribution in [0.25, 0.3) is 0 Å². The number of nitrogen functional groups attached to an aromatic ring is 1. The minimum Gasteiger partial charge on any atom is -0.396 e. The van der Waals surface area contributed by atoms with Gasteiger partial charge in [0.05, 0.1) is 5.69 Å². The Bertz CT molecular complexity index is 419. The van der Waals surface area contributed by atoms with Gasteiger partial charge in [0.2, 0.25) is 0 Å². The molecule has 0 saturated heterocycles. The van der Waals surface area contributed by atoms with Crippen molar-refractivity contribution in [2.75, 3.05) is 31.7 Å². The summed E-state index contributed by atoms with van der Waals surface area (Å²) in [6.45, 7) is 3.01. The lowest BCUT2D eigenvalue weighted by Crippen LogP contribution is -2.24. The summed E-state index contributed by atoms with van der Waals surface area (Å²) in [6.07, 6.45) is 0.953. The molecule has 6 nitrogen and oxygen atoms in total. The molecule has 100 valence electrons. The van der Waals surface area contributed by atoms with Crippen LogP contribution in [0.5, 0.6) is 0 Å². The zero-order chi connectivity index (χ0) is 13.7. The van der Waals surface area contributed by atoms with E-state index in [2.05, 4.69) is 15.2 Å². The quantitative estimate of drug-likeness (QED) is 0.684. The first kappa shape index (κ1) is 14.2. The predicted molar refractivity (Wildman–Crippen MR) is 73.4 cm³/mol. The Morgan fingerprint density at radius 1 is 1.50 bits per heavy atom. The predicted octanol–water partition coefficient (Wildman–Crippen LogP) is 0.515. The molecule has 1 atom stereocenters. The number of anilines is 2. The molecule has 0 aromatic carbocycles. The lowest BCUT2D eigenvalue weighted by molar-refractivity contribution is 0.0995. The molecule has 1 aromatic heterocycles. The SMILES string of the molecule is CC(CCN(C)C)Nc1nc(C(N)=O)ccc1N. The van der Waals surface area contributed by atoms with E-state index in [1.807, 2.05) is 21.0 Å². The number of rotatable bonds is 6. The van der Waals surface area contributed by atoms with Gasteiger partial charge in [-0.1, -0.05) is 0 Å². The van der Waals surface area contributed by atoms with E-state index in [-0.39, 0.29) is 11.7 Å². The van der Waals surface area contributed by atoms with Crippen LogP contribution in [-0.4, -0.2) is 42.5 Å². The van der Waals surface area contributed by atoms with Crippen molar-refractivity contribution in [3.8, 4) is 0 Å². The van der Waals surface area contributed by atoms with Crippen molar-refractivity contribution in [2.45, 2.75) is 19.4 Å². The van der Waals surface area contributed by atoms with E-state index in [4.69, 9.17) is 11.5 Å². The van der Waals surface area contributed by atoms with Gasteiger partial charge in [-0.05, 0) is 46.1 Å². The molecule has 1 unspecified atom stereocenters. The summed E-state index contributed by atoms with van der Waals surface area (Å²) in [5, 5.41) is 3.19. The van der Waals surface area contributed by atoms with E-state index in [0.717, 1.165) is 13.0 Å². The van der Waals surface area contributed by atoms with Crippen molar-refractivity contribution in [1.29, 1.82) is 0 Å². The van der Waals surface area contributed by atoms with Crippen molar-refractivity contribution in [3.63, 3.8) is 0 Å². The summed E-state index contributed by atoms with van der Waals surface area (Å²) >= 11 is 0. The fraction of sp³-hybridized carbons (Fsp3) is 0.500. The number of nitrogens with two attached hydrogens (primary N) is 2. The Kier molecular flexibility index (Phi) is 4.91. The minimum atomic E-state index is -0.556. The summed E-state index contributed by atoms with van der Waals surface area (Å²) < 4.78 is 0. The highest BCUT2D eigenvalue weighted by Gasteiger charge is 2.10. The van der Waals surface area contributed by atoms with Crippen LogP contribution in [0.4, 0.5) is 11.5 Å². The van der Waals surface area contributed by atoms with Crippen LogP contribution in [0.2, 0.25) is 0 Å². The highest BCUT2D eigenvalue weighted by molar-refractivity contribution is 5.91. The van der Waals surface area contributed by atoms with Gasteiger partial charge < -0.3 is 21.7 Å². The van der Waals surface area contributed by atoms with E-state index in [9.17, 15) is 4.79 Å². The molecule has 6 heteroatoms. The molecule has 0 aliphatic rings. The Labute approximate surface area is 107 Å². The second-order valence-electron chi connectivity index (χ2n) is 4.64. The van der Waals surface area contributed by atoms with E-state index in [0.29, 0.717) is 11.5 Å². The smallest absolute Gasteiger partial charge is 0.267 e. The first-order valence-corrected chi connectivity index (χ1v) is 5.87. The lowest BCUT2D eigenvalue weighted by Gasteiger charge is -2.18. The number of nitrogens with zero attached hydrogens (tertiary/aromatic N) is 2. The summed E-state index contributed by atoms with van der Waals surface area (Å²) in [4.78, 5) is 17.3. The van der Waals surface area contributed by atoms with Gasteiger partial charge in [-0.15, -0.1) is 0 Å². The Balaban J connectivity index is 2.71. The van der Waals surface area contributed by atoms with E-state index < -0.39 is 5.91 Å². The van der Waals surface area contributed by atoms with Crippen LogP contribution < -0.4 is 16.8 Å². The van der Waals surface area contributed by atoms with Gasteiger partial charge in [0.1, 0.15) is 11.5 Å². The molecule has 0 saturated carbocycles. The number of aromatic nitrogens is 1. The van der Waals surface area contributed by atoms with Gasteiger partial charge in [0.25, 0.3) is 5.91 Å². The zero-order valence-electron chi connectivity index (χ0n) is 11.1. The van der Waals surface area contributed by atoms with Crippen molar-refractivity contribution in [3.05, 3.63) is 17.8 Å². The number of pyridine rings is 1. The zero-order valence-corrected chi connectivity index (χ0v) is 11.1. The first-order chi connectivity index (χ1) is 8.40. The van der Waals surface area contributed by atoms with Crippen molar-refractivity contribution in [1.82, 2.24) is 9.88 Å². The maximum absolute atomic E-state index is 11.0. The van der Waals surface area contributed by atoms with Gasteiger partial charge in [0.15, 0.2) is 0 Å². The van der Waals surface area contributed by atoms with Crippen LogP contribution >= 0.6 is 0 Å². The average molecular weight is 251 g/mol. The molecule has 1 rings (SSSR count). The van der Waals surface area contributed by atoms with Crippen LogP contribution in [0.1, 0.15) is 23.8 Å². The minimum absolute atomic E-state index is 0.213. The van der Waals surface area contributed by atoms with Crippen LogP contribution in [0.15, 0.2) is 12.1 Å². The highest BCUT2D eigenvalue weighted by Crippen LogP contribution is 2.17. The number of amides is 1. The molecule has 18 heavy (non-hydrogen) atoms. The summed E-state index contributed by atoms with van der Waals surface area (Å²) in [6, 6.07) is 3.37. The average Bonchev–Trinajstić information content (AvgIpc) is 2.29. The lowest BCUT2D eigenvalue weighted by atomic mass is 10.2. The molecule has 0 aliphatic carbocycles. The number of nitrogens with one attached hydrogen (secondary N) is 1. The normalized spacial score (nSPS) is 12.4. The number of primary amides is 1. The molecule has 0 aliphatic heterocycles. The van der Waals surface area contributed by atoms with Gasteiger partial charge in [0, 0.05) is 6.04 Å². The first-order valence-electron chi connectivity index (χ1n) is 5.87. The Hall–Kier alpha value is -1.82. The van der Waals surface area contributed by atoms with E-state index in [1.165, 1.54) is 6.07 Å². The molecular formula is C12H21N5O. The van der Waals surface area contributed by atoms with Crippen LogP contribution in [0.3, 0.4) is 0 Å². The van der Waals surface area contributed by atoms with Gasteiger partial charge in [-0.25, -0.2) is 4.98 Å². The molecule has 1 heterocycles. The highest BCUT2D eigenvalue weighted by atomic mass is 16.1. The topological polar surface area (TPSA) is 97.3 Å². The molecule has 1 amide bonds. The molecular weight excluding hydrogens is 230 g/mol. The monoisotopic (exact) mass is 251 g/mol. The van der Waals surface area contributed by atoms with Crippen molar-refractivity contribution >= 4 is 17.4 Å². The standard InChI is InChI=1S/C12H21N5O/c1-8(6-7-17(2)3)15-12-9(13)4-5-10(16-12)11(14)18/h4-5,8H,6-7,13H2,1-3H3,(H2,14,18)(H,15,16). The van der Waals surface area contributed by atoms with Crippen molar-refractivity contribution in [2.24, 2.45) is 5.73 Å². The third-order valence-electron chi connectivity index (χ3n) is 2.57. The summed E-state index contributed by atoms with van der Waals surface area (Å²) in [7, 11) is 4.04. The van der Waals surface area contributed by atoms with Crippen molar-refractivity contribution < 1.29 is 4.79 Å². The molecule has 1 aromatic rings. The number of hydrogen-bond donors (Lipinski definition) is 3. The molecule has 0 fully saturated rings. The summed E-state index contributed by atoms with van der Waals surface area (Å²) in [5.41, 5.74) is 11.7. The van der Waals surface area contributed by atoms with Gasteiger partial charge >= 0.3 is 0 Å². The summed E-state index contributed by atoms with van der Waals surface area (Å²) in [5.74, 6) is -0.0449. The van der Waals surface area contributed by atoms with E-state index in [1.54, 1.807) is 6.07 Å². The maximum Gasteiger partial charge on any atom is 0.267 e. The molecule has 5 N–H and O–H groups in total. The Morgan fingerprint density at radius 2 is 2.17 bits per heavy atom.